The molecule has 0 aliphatic carbocycles. The monoisotopic (exact) mass is 319 g/mol. The molecule has 2 aromatic rings. The van der Waals surface area contributed by atoms with E-state index in [-0.39, 0.29) is 11.3 Å². The Hall–Kier alpha value is -1.46. The maximum absolute atomic E-state index is 12.2. The first-order valence-corrected chi connectivity index (χ1v) is 8.65. The van der Waals surface area contributed by atoms with Gasteiger partial charge in [0.1, 0.15) is 11.1 Å². The molecule has 0 spiro atoms. The van der Waals surface area contributed by atoms with Crippen LogP contribution in [-0.4, -0.2) is 23.7 Å². The third-order valence-corrected chi connectivity index (χ3v) is 5.95. The van der Waals surface area contributed by atoms with Gasteiger partial charge in [0.25, 0.3) is 0 Å². The van der Waals surface area contributed by atoms with E-state index in [2.05, 4.69) is 19.1 Å². The summed E-state index contributed by atoms with van der Waals surface area (Å²) in [5.41, 5.74) is 1.05. The van der Waals surface area contributed by atoms with Crippen molar-refractivity contribution in [3.63, 3.8) is 0 Å². The first-order valence-electron chi connectivity index (χ1n) is 6.78. The molecule has 3 nitrogen and oxygen atoms in total. The number of thiophene rings is 1. The molecule has 1 aliphatic rings. The number of rotatable bonds is 4. The van der Waals surface area contributed by atoms with Crippen molar-refractivity contribution in [2.24, 2.45) is 0 Å². The van der Waals surface area contributed by atoms with E-state index in [1.54, 1.807) is 30.2 Å². The molecular formula is C16H17NO2S2. The fourth-order valence-electron chi connectivity index (χ4n) is 2.46. The minimum absolute atomic E-state index is 0.126. The first-order chi connectivity index (χ1) is 10.2. The average molecular weight is 319 g/mol. The van der Waals surface area contributed by atoms with Gasteiger partial charge < -0.3 is 9.64 Å². The van der Waals surface area contributed by atoms with E-state index in [4.69, 9.17) is 4.74 Å². The molecule has 2 heterocycles. The van der Waals surface area contributed by atoms with Crippen LogP contribution in [0.25, 0.3) is 0 Å². The van der Waals surface area contributed by atoms with E-state index in [9.17, 15) is 4.79 Å². The molecule has 1 unspecified atom stereocenters. The second-order valence-corrected chi connectivity index (χ2v) is 7.33. The van der Waals surface area contributed by atoms with Gasteiger partial charge in [-0.15, -0.1) is 23.1 Å². The van der Waals surface area contributed by atoms with Crippen LogP contribution in [0.5, 0.6) is 5.75 Å². The molecule has 0 radical (unpaired) electrons. The maximum Gasteiger partial charge on any atom is 0.234 e. The molecule has 5 heteroatoms. The zero-order valence-electron chi connectivity index (χ0n) is 12.0. The summed E-state index contributed by atoms with van der Waals surface area (Å²) < 4.78 is 5.39. The van der Waals surface area contributed by atoms with Crippen molar-refractivity contribution < 1.29 is 9.53 Å². The van der Waals surface area contributed by atoms with Crippen LogP contribution in [-0.2, 0) is 11.3 Å². The highest BCUT2D eigenvalue weighted by atomic mass is 32.2. The van der Waals surface area contributed by atoms with Crippen LogP contribution >= 0.6 is 23.1 Å². The number of carbonyl (C=O) groups excluding carboxylic acids is 1. The van der Waals surface area contributed by atoms with Crippen molar-refractivity contribution in [3.8, 4) is 5.75 Å². The normalized spacial score (nSPS) is 18.3. The summed E-state index contributed by atoms with van der Waals surface area (Å²) in [6.45, 7) is 2.69. The number of aryl methyl sites for hydroxylation is 1. The Morgan fingerprint density at radius 2 is 2.10 bits per heavy atom. The van der Waals surface area contributed by atoms with Gasteiger partial charge in [-0.25, -0.2) is 0 Å². The molecule has 1 aromatic carbocycles. The number of nitrogens with zero attached hydrogens (tertiary/aromatic N) is 1. The van der Waals surface area contributed by atoms with Gasteiger partial charge in [0.15, 0.2) is 0 Å². The van der Waals surface area contributed by atoms with Gasteiger partial charge in [0, 0.05) is 15.3 Å². The molecule has 1 fully saturated rings. The van der Waals surface area contributed by atoms with E-state index in [1.165, 1.54) is 9.75 Å². The molecular weight excluding hydrogens is 302 g/mol. The van der Waals surface area contributed by atoms with Crippen LogP contribution < -0.4 is 4.74 Å². The molecule has 1 saturated heterocycles. The molecule has 110 valence electrons. The average Bonchev–Trinajstić information content (AvgIpc) is 3.07. The van der Waals surface area contributed by atoms with E-state index in [0.29, 0.717) is 12.3 Å². The second kappa shape index (κ2) is 6.12. The van der Waals surface area contributed by atoms with Crippen LogP contribution in [0, 0.1) is 6.92 Å². The van der Waals surface area contributed by atoms with Gasteiger partial charge in [0.2, 0.25) is 5.91 Å². The fraction of sp³-hybridized carbons (Fsp3) is 0.312. The molecule has 0 saturated carbocycles. The number of carbonyl (C=O) groups is 1. The van der Waals surface area contributed by atoms with Crippen LogP contribution in [0.3, 0.4) is 0 Å². The highest BCUT2D eigenvalue weighted by molar-refractivity contribution is 8.00. The number of para-hydroxylation sites is 1. The summed E-state index contributed by atoms with van der Waals surface area (Å²) in [6, 6.07) is 12.1. The van der Waals surface area contributed by atoms with Gasteiger partial charge in [0.05, 0.1) is 19.4 Å². The molecule has 1 aromatic heterocycles. The van der Waals surface area contributed by atoms with Crippen LogP contribution in [0.15, 0.2) is 36.4 Å². The van der Waals surface area contributed by atoms with E-state index < -0.39 is 0 Å². The molecule has 1 atom stereocenters. The Bertz CT molecular complexity index is 653. The van der Waals surface area contributed by atoms with E-state index in [1.807, 2.05) is 29.2 Å². The molecule has 0 bridgehead atoms. The molecule has 0 N–H and O–H groups in total. The summed E-state index contributed by atoms with van der Waals surface area (Å²) in [6.07, 6.45) is 0. The van der Waals surface area contributed by atoms with Gasteiger partial charge >= 0.3 is 0 Å². The highest BCUT2D eigenvalue weighted by Gasteiger charge is 2.34. The summed E-state index contributed by atoms with van der Waals surface area (Å²) in [5, 5.41) is 0.126. The summed E-state index contributed by atoms with van der Waals surface area (Å²) >= 11 is 3.47. The number of ether oxygens (including phenoxy) is 1. The predicted molar refractivity (Wildman–Crippen MR) is 87.8 cm³/mol. The van der Waals surface area contributed by atoms with Gasteiger partial charge in [-0.3, -0.25) is 4.79 Å². The number of methoxy groups -OCH3 is 1. The number of hydrogen-bond donors (Lipinski definition) is 0. The lowest BCUT2D eigenvalue weighted by Crippen LogP contribution is -2.27. The number of amides is 1. The lowest BCUT2D eigenvalue weighted by molar-refractivity contribution is -0.128. The Morgan fingerprint density at radius 1 is 1.29 bits per heavy atom. The SMILES string of the molecule is COc1ccccc1CN1C(=O)CSC1c1ccc(C)s1. The quantitative estimate of drug-likeness (QED) is 0.857. The zero-order chi connectivity index (χ0) is 14.8. The van der Waals surface area contributed by atoms with Crippen molar-refractivity contribution in [2.45, 2.75) is 18.8 Å². The third-order valence-electron chi connectivity index (χ3n) is 3.51. The first kappa shape index (κ1) is 14.5. The summed E-state index contributed by atoms with van der Waals surface area (Å²) in [7, 11) is 1.67. The summed E-state index contributed by atoms with van der Waals surface area (Å²) in [5.74, 6) is 1.59. The number of benzene rings is 1. The summed E-state index contributed by atoms with van der Waals surface area (Å²) in [4.78, 5) is 16.7. The van der Waals surface area contributed by atoms with Gasteiger partial charge in [-0.1, -0.05) is 18.2 Å². The van der Waals surface area contributed by atoms with Crippen molar-refractivity contribution in [2.75, 3.05) is 12.9 Å². The van der Waals surface area contributed by atoms with Crippen molar-refractivity contribution in [1.29, 1.82) is 0 Å². The Morgan fingerprint density at radius 3 is 2.81 bits per heavy atom. The Kier molecular flexibility index (Phi) is 4.22. The maximum atomic E-state index is 12.2. The van der Waals surface area contributed by atoms with Gasteiger partial charge in [-0.05, 0) is 25.1 Å². The highest BCUT2D eigenvalue weighted by Crippen LogP contribution is 2.42. The molecule has 21 heavy (non-hydrogen) atoms. The van der Waals surface area contributed by atoms with Crippen LogP contribution in [0.2, 0.25) is 0 Å². The van der Waals surface area contributed by atoms with Gasteiger partial charge in [-0.2, -0.15) is 0 Å². The Labute approximate surface area is 132 Å². The zero-order valence-corrected chi connectivity index (χ0v) is 13.7. The molecule has 3 rings (SSSR count). The fourth-order valence-corrected chi connectivity index (χ4v) is 4.77. The minimum Gasteiger partial charge on any atom is -0.496 e. The largest absolute Gasteiger partial charge is 0.496 e. The minimum atomic E-state index is 0.126. The van der Waals surface area contributed by atoms with Crippen molar-refractivity contribution >= 4 is 29.0 Å². The smallest absolute Gasteiger partial charge is 0.234 e. The molecule has 1 amide bonds. The lowest BCUT2D eigenvalue weighted by Gasteiger charge is -2.24. The van der Waals surface area contributed by atoms with E-state index in [0.717, 1.165) is 11.3 Å². The number of thioether (sulfide) groups is 1. The number of hydrogen-bond acceptors (Lipinski definition) is 4. The van der Waals surface area contributed by atoms with Crippen molar-refractivity contribution in [1.82, 2.24) is 4.90 Å². The van der Waals surface area contributed by atoms with Crippen LogP contribution in [0.4, 0.5) is 0 Å². The Balaban J connectivity index is 1.86. The molecule has 1 aliphatic heterocycles. The predicted octanol–water partition coefficient (Wildman–Crippen LogP) is 3.84. The standard InChI is InChI=1S/C16H17NO2S2/c1-11-7-8-14(21-11)16-17(15(18)10-20-16)9-12-5-3-4-6-13(12)19-2/h3-8,16H,9-10H2,1-2H3. The van der Waals surface area contributed by atoms with E-state index >= 15 is 0 Å². The third kappa shape index (κ3) is 2.94. The topological polar surface area (TPSA) is 29.5 Å². The van der Waals surface area contributed by atoms with Crippen LogP contribution in [0.1, 0.15) is 20.7 Å². The second-order valence-electron chi connectivity index (χ2n) is 4.95. The van der Waals surface area contributed by atoms with Crippen molar-refractivity contribution in [3.05, 3.63) is 51.7 Å². The lowest BCUT2D eigenvalue weighted by atomic mass is 10.2.